The van der Waals surface area contributed by atoms with Crippen LogP contribution in [-0.4, -0.2) is 44.0 Å². The van der Waals surface area contributed by atoms with Gasteiger partial charge in [-0.25, -0.2) is 0 Å². The summed E-state index contributed by atoms with van der Waals surface area (Å²) in [5, 5.41) is 7.88. The Morgan fingerprint density at radius 3 is 2.40 bits per heavy atom. The van der Waals surface area contributed by atoms with E-state index < -0.39 is 11.9 Å². The minimum absolute atomic E-state index is 0.171. The molecule has 0 radical (unpaired) electrons. The monoisotopic (exact) mass is 349 g/mol. The average molecular weight is 349 g/mol. The summed E-state index contributed by atoms with van der Waals surface area (Å²) in [7, 11) is 0. The predicted molar refractivity (Wildman–Crippen MR) is 94.9 cm³/mol. The molecule has 0 unspecified atom stereocenters. The molecule has 0 aliphatic carbocycles. The first kappa shape index (κ1) is 20.6. The van der Waals surface area contributed by atoms with Crippen molar-refractivity contribution in [2.45, 2.75) is 33.2 Å². The zero-order chi connectivity index (χ0) is 18.7. The Balaban J connectivity index is 2.70. The van der Waals surface area contributed by atoms with E-state index in [1.54, 1.807) is 12.1 Å². The second-order valence-electron chi connectivity index (χ2n) is 5.66. The molecule has 0 aromatic heterocycles. The Morgan fingerprint density at radius 1 is 1.12 bits per heavy atom. The van der Waals surface area contributed by atoms with Gasteiger partial charge in [-0.15, -0.1) is 0 Å². The maximum atomic E-state index is 12.5. The number of nitrogens with one attached hydrogen (secondary N) is 3. The van der Waals surface area contributed by atoms with E-state index in [1.165, 1.54) is 6.92 Å². The van der Waals surface area contributed by atoms with Crippen LogP contribution in [0.3, 0.4) is 0 Å². The molecule has 1 rings (SSSR count). The fourth-order valence-electron chi connectivity index (χ4n) is 2.11. The third kappa shape index (κ3) is 8.30. The molecule has 0 heterocycles. The third-order valence-electron chi connectivity index (χ3n) is 3.44. The average Bonchev–Trinajstić information content (AvgIpc) is 2.58. The molecule has 1 aromatic carbocycles. The Bertz CT molecular complexity index is 572. The number of carbonyl (C=O) groups excluding carboxylic acids is 3. The van der Waals surface area contributed by atoms with Crippen LogP contribution in [0, 0.1) is 6.92 Å². The number of hydrogen-bond donors (Lipinski definition) is 3. The molecule has 0 aliphatic heterocycles. The molecular weight excluding hydrogens is 322 g/mol. The summed E-state index contributed by atoms with van der Waals surface area (Å²) in [6.07, 6.45) is 0.694. The van der Waals surface area contributed by atoms with Gasteiger partial charge in [0.05, 0.1) is 6.54 Å². The molecule has 3 amide bonds. The van der Waals surface area contributed by atoms with Crippen molar-refractivity contribution < 1.29 is 19.1 Å². The first-order valence-corrected chi connectivity index (χ1v) is 8.39. The minimum Gasteiger partial charge on any atom is -0.382 e. The van der Waals surface area contributed by atoms with Crippen molar-refractivity contribution >= 4 is 17.7 Å². The van der Waals surface area contributed by atoms with Gasteiger partial charge >= 0.3 is 0 Å². The Labute approximate surface area is 148 Å². The molecule has 3 N–H and O–H groups in total. The van der Waals surface area contributed by atoms with E-state index >= 15 is 0 Å². The lowest BCUT2D eigenvalue weighted by molar-refractivity contribution is -0.129. The largest absolute Gasteiger partial charge is 0.382 e. The van der Waals surface area contributed by atoms with Gasteiger partial charge in [-0.05, 0) is 25.8 Å². The zero-order valence-electron chi connectivity index (χ0n) is 15.1. The van der Waals surface area contributed by atoms with Crippen LogP contribution in [-0.2, 0) is 19.1 Å². The number of rotatable bonds is 10. The van der Waals surface area contributed by atoms with Crippen molar-refractivity contribution in [1.82, 2.24) is 16.0 Å². The summed E-state index contributed by atoms with van der Waals surface area (Å²) in [5.74, 6) is -1.02. The molecule has 1 aromatic rings. The Kier molecular flexibility index (Phi) is 9.24. The Hall–Kier alpha value is -2.41. The highest BCUT2D eigenvalue weighted by Crippen LogP contribution is 2.14. The fourth-order valence-corrected chi connectivity index (χ4v) is 2.11. The van der Waals surface area contributed by atoms with Crippen LogP contribution in [0.2, 0.25) is 0 Å². The van der Waals surface area contributed by atoms with E-state index in [2.05, 4.69) is 16.0 Å². The molecule has 0 aliphatic rings. The predicted octanol–water partition coefficient (Wildman–Crippen LogP) is 0.831. The van der Waals surface area contributed by atoms with Gasteiger partial charge in [0.2, 0.25) is 17.7 Å². The molecule has 0 saturated heterocycles. The van der Waals surface area contributed by atoms with Crippen LogP contribution in [0.5, 0.6) is 0 Å². The van der Waals surface area contributed by atoms with E-state index in [0.717, 1.165) is 5.56 Å². The first-order valence-electron chi connectivity index (χ1n) is 8.39. The lowest BCUT2D eigenvalue weighted by Gasteiger charge is -2.19. The van der Waals surface area contributed by atoms with Crippen molar-refractivity contribution in [2.75, 3.05) is 26.3 Å². The third-order valence-corrected chi connectivity index (χ3v) is 3.44. The molecule has 0 saturated carbocycles. The summed E-state index contributed by atoms with van der Waals surface area (Å²) >= 11 is 0. The van der Waals surface area contributed by atoms with Crippen molar-refractivity contribution in [1.29, 1.82) is 0 Å². The minimum atomic E-state index is -0.811. The summed E-state index contributed by atoms with van der Waals surface area (Å²) in [4.78, 5) is 35.4. The highest BCUT2D eigenvalue weighted by atomic mass is 16.5. The lowest BCUT2D eigenvalue weighted by atomic mass is 10.0. The second kappa shape index (κ2) is 11.2. The molecular formula is C18H27N3O4. The van der Waals surface area contributed by atoms with Crippen molar-refractivity contribution in [3.8, 4) is 0 Å². The summed E-state index contributed by atoms with van der Waals surface area (Å²) in [5.41, 5.74) is 1.74. The van der Waals surface area contributed by atoms with Crippen LogP contribution < -0.4 is 16.0 Å². The van der Waals surface area contributed by atoms with Crippen LogP contribution in [0.25, 0.3) is 0 Å². The molecule has 7 nitrogen and oxygen atoms in total. The SMILES string of the molecule is CCOCCCNC(=O)[C@@H](NC(=O)CNC(C)=O)c1ccc(C)cc1. The number of amides is 3. The highest BCUT2D eigenvalue weighted by Gasteiger charge is 2.22. The number of benzene rings is 1. The number of hydrogen-bond acceptors (Lipinski definition) is 4. The van der Waals surface area contributed by atoms with Crippen molar-refractivity contribution in [3.63, 3.8) is 0 Å². The first-order chi connectivity index (χ1) is 11.9. The standard InChI is InChI=1S/C18H27N3O4/c1-4-25-11-5-10-19-18(24)17(15-8-6-13(2)7-9-15)21-16(23)12-20-14(3)22/h6-9,17H,4-5,10-12H2,1-3H3,(H,19,24)(H,20,22)(H,21,23)/t17-/m0/s1. The topological polar surface area (TPSA) is 96.5 Å². The van der Waals surface area contributed by atoms with Gasteiger partial charge < -0.3 is 20.7 Å². The molecule has 1 atom stereocenters. The van der Waals surface area contributed by atoms with Crippen molar-refractivity contribution in [3.05, 3.63) is 35.4 Å². The van der Waals surface area contributed by atoms with Crippen LogP contribution >= 0.6 is 0 Å². The van der Waals surface area contributed by atoms with E-state index in [0.29, 0.717) is 31.7 Å². The van der Waals surface area contributed by atoms with Gasteiger partial charge in [-0.1, -0.05) is 29.8 Å². The van der Waals surface area contributed by atoms with Gasteiger partial charge in [0.15, 0.2) is 0 Å². The molecule has 138 valence electrons. The van der Waals surface area contributed by atoms with Gasteiger partial charge in [0.1, 0.15) is 6.04 Å². The molecule has 0 spiro atoms. The Morgan fingerprint density at radius 2 is 1.80 bits per heavy atom. The van der Waals surface area contributed by atoms with Gasteiger partial charge in [-0.3, -0.25) is 14.4 Å². The summed E-state index contributed by atoms with van der Waals surface area (Å²) < 4.78 is 5.23. The van der Waals surface area contributed by atoms with Crippen molar-refractivity contribution in [2.24, 2.45) is 0 Å². The van der Waals surface area contributed by atoms with Gasteiger partial charge in [0.25, 0.3) is 0 Å². The van der Waals surface area contributed by atoms with E-state index in [9.17, 15) is 14.4 Å². The maximum absolute atomic E-state index is 12.5. The molecule has 0 bridgehead atoms. The van der Waals surface area contributed by atoms with Crippen LogP contribution in [0.15, 0.2) is 24.3 Å². The van der Waals surface area contributed by atoms with Gasteiger partial charge in [0, 0.05) is 26.7 Å². The van der Waals surface area contributed by atoms with E-state index in [-0.39, 0.29) is 18.4 Å². The summed E-state index contributed by atoms with van der Waals surface area (Å²) in [6.45, 7) is 6.69. The smallest absolute Gasteiger partial charge is 0.247 e. The normalized spacial score (nSPS) is 11.5. The zero-order valence-corrected chi connectivity index (χ0v) is 15.1. The van der Waals surface area contributed by atoms with Crippen LogP contribution in [0.1, 0.15) is 37.4 Å². The van der Waals surface area contributed by atoms with E-state index in [4.69, 9.17) is 4.74 Å². The molecule has 7 heteroatoms. The highest BCUT2D eigenvalue weighted by molar-refractivity contribution is 5.90. The van der Waals surface area contributed by atoms with Gasteiger partial charge in [-0.2, -0.15) is 0 Å². The van der Waals surface area contributed by atoms with E-state index in [1.807, 2.05) is 26.0 Å². The molecule has 25 heavy (non-hydrogen) atoms. The number of carbonyl (C=O) groups is 3. The quantitative estimate of drug-likeness (QED) is 0.545. The molecule has 0 fully saturated rings. The van der Waals surface area contributed by atoms with Crippen LogP contribution in [0.4, 0.5) is 0 Å². The lowest BCUT2D eigenvalue weighted by Crippen LogP contribution is -2.44. The summed E-state index contributed by atoms with van der Waals surface area (Å²) in [6, 6.07) is 6.56. The maximum Gasteiger partial charge on any atom is 0.247 e. The number of ether oxygens (including phenoxy) is 1. The fraction of sp³-hybridized carbons (Fsp3) is 0.500. The second-order valence-corrected chi connectivity index (χ2v) is 5.66. The number of aryl methyl sites for hydroxylation is 1.